The summed E-state index contributed by atoms with van der Waals surface area (Å²) in [6.07, 6.45) is 2.41. The van der Waals surface area contributed by atoms with Crippen molar-refractivity contribution in [2.45, 2.75) is 46.3 Å². The number of halogens is 1. The molecule has 0 bridgehead atoms. The van der Waals surface area contributed by atoms with Crippen LogP contribution in [0.15, 0.2) is 17.1 Å². The van der Waals surface area contributed by atoms with Gasteiger partial charge in [-0.15, -0.1) is 24.0 Å². The minimum absolute atomic E-state index is 0. The number of nitrogens with one attached hydrogen (secondary N) is 2. The Balaban J connectivity index is 0.00000341. The number of benzene rings is 1. The fourth-order valence-electron chi connectivity index (χ4n) is 4.06. The van der Waals surface area contributed by atoms with Gasteiger partial charge in [0.2, 0.25) is 0 Å². The summed E-state index contributed by atoms with van der Waals surface area (Å²) < 4.78 is 11.8. The zero-order valence-corrected chi connectivity index (χ0v) is 21.9. The van der Waals surface area contributed by atoms with Crippen molar-refractivity contribution < 1.29 is 9.47 Å². The van der Waals surface area contributed by atoms with E-state index < -0.39 is 0 Å². The van der Waals surface area contributed by atoms with Crippen LogP contribution in [0.5, 0.6) is 11.5 Å². The zero-order chi connectivity index (χ0) is 21.3. The number of fused-ring (bicyclic) bond motifs is 1. The van der Waals surface area contributed by atoms with Crippen molar-refractivity contribution in [3.63, 3.8) is 0 Å². The molecule has 2 N–H and O–H groups in total. The van der Waals surface area contributed by atoms with Crippen LogP contribution < -0.4 is 20.1 Å². The molecule has 2 aliphatic heterocycles. The Hall–Kier alpha value is -1.26. The van der Waals surface area contributed by atoms with Gasteiger partial charge in [0, 0.05) is 50.3 Å². The summed E-state index contributed by atoms with van der Waals surface area (Å²) in [4.78, 5) is 9.76. The molecule has 1 unspecified atom stereocenters. The summed E-state index contributed by atoms with van der Waals surface area (Å²) >= 11 is 0. The normalized spacial score (nSPS) is 19.7. The summed E-state index contributed by atoms with van der Waals surface area (Å²) in [5.41, 5.74) is 2.30. The maximum atomic E-state index is 5.94. The predicted octanol–water partition coefficient (Wildman–Crippen LogP) is 2.72. The maximum Gasteiger partial charge on any atom is 0.191 e. The van der Waals surface area contributed by atoms with Crippen molar-refractivity contribution in [3.8, 4) is 11.5 Å². The molecule has 1 saturated heterocycles. The molecule has 0 radical (unpaired) electrons. The second kappa shape index (κ2) is 13.3. The Morgan fingerprint density at radius 2 is 2.03 bits per heavy atom. The lowest BCUT2D eigenvalue weighted by molar-refractivity contribution is 0.254. The lowest BCUT2D eigenvalue weighted by Gasteiger charge is -2.21. The van der Waals surface area contributed by atoms with E-state index in [-0.39, 0.29) is 30.1 Å². The summed E-state index contributed by atoms with van der Waals surface area (Å²) in [6, 6.07) is 4.23. The highest BCUT2D eigenvalue weighted by Crippen LogP contribution is 2.35. The maximum absolute atomic E-state index is 5.94. The quantitative estimate of drug-likeness (QED) is 0.298. The van der Waals surface area contributed by atoms with E-state index in [1.807, 2.05) is 6.92 Å². The molecule has 2 heterocycles. The van der Waals surface area contributed by atoms with Crippen LogP contribution in [0.25, 0.3) is 0 Å². The van der Waals surface area contributed by atoms with Crippen LogP contribution in [-0.2, 0) is 13.0 Å². The van der Waals surface area contributed by atoms with Crippen LogP contribution in [0.4, 0.5) is 0 Å². The van der Waals surface area contributed by atoms with Crippen LogP contribution in [0, 0.1) is 0 Å². The molecule has 8 heteroatoms. The first kappa shape index (κ1) is 26.0. The van der Waals surface area contributed by atoms with Crippen LogP contribution in [-0.4, -0.2) is 81.3 Å². The minimum atomic E-state index is 0. The van der Waals surface area contributed by atoms with Gasteiger partial charge in [-0.1, -0.05) is 0 Å². The number of ether oxygens (including phenoxy) is 2. The standard InChI is InChI=1S/C23H39N5O2.HI/c1-5-24-23(25-8-11-28-10-7-9-27(4)12-13-28)26-17-20-16-22-19(14-18(3)30-22)15-21(20)29-6-2;/h15-16,18H,5-14,17H2,1-4H3,(H2,24,25,26);1H. The molecular formula is C23H40IN5O2. The smallest absolute Gasteiger partial charge is 0.191 e. The first-order valence-corrected chi connectivity index (χ1v) is 11.5. The van der Waals surface area contributed by atoms with Crippen LogP contribution in [0.3, 0.4) is 0 Å². The van der Waals surface area contributed by atoms with Crippen LogP contribution in [0.1, 0.15) is 38.3 Å². The number of nitrogens with zero attached hydrogens (tertiary/aromatic N) is 3. The van der Waals surface area contributed by atoms with E-state index in [4.69, 9.17) is 14.5 Å². The number of likely N-dealkylation sites (N-methyl/N-ethyl adjacent to an activating group) is 1. The molecule has 0 amide bonds. The van der Waals surface area contributed by atoms with Gasteiger partial charge in [0.25, 0.3) is 0 Å². The number of aliphatic imine (C=N–C) groups is 1. The topological polar surface area (TPSA) is 61.4 Å². The summed E-state index contributed by atoms with van der Waals surface area (Å²) in [5.74, 6) is 2.74. The molecular weight excluding hydrogens is 505 g/mol. The molecule has 7 nitrogen and oxygen atoms in total. The fraction of sp³-hybridized carbons (Fsp3) is 0.696. The molecule has 0 aliphatic carbocycles. The van der Waals surface area contributed by atoms with Gasteiger partial charge >= 0.3 is 0 Å². The summed E-state index contributed by atoms with van der Waals surface area (Å²) in [7, 11) is 2.21. The Morgan fingerprint density at radius 3 is 2.81 bits per heavy atom. The molecule has 0 spiro atoms. The highest BCUT2D eigenvalue weighted by molar-refractivity contribution is 14.0. The molecule has 0 saturated carbocycles. The average Bonchev–Trinajstić information content (AvgIpc) is 2.95. The van der Waals surface area contributed by atoms with Crippen molar-refractivity contribution >= 4 is 29.9 Å². The van der Waals surface area contributed by atoms with E-state index in [9.17, 15) is 0 Å². The first-order valence-electron chi connectivity index (χ1n) is 11.5. The van der Waals surface area contributed by atoms with E-state index in [0.717, 1.165) is 62.2 Å². The predicted molar refractivity (Wildman–Crippen MR) is 138 cm³/mol. The number of hydrogen-bond acceptors (Lipinski definition) is 5. The summed E-state index contributed by atoms with van der Waals surface area (Å²) in [5, 5.41) is 6.85. The van der Waals surface area contributed by atoms with Crippen molar-refractivity contribution in [3.05, 3.63) is 23.3 Å². The van der Waals surface area contributed by atoms with Gasteiger partial charge in [0.15, 0.2) is 5.96 Å². The van der Waals surface area contributed by atoms with Gasteiger partial charge < -0.3 is 29.9 Å². The van der Waals surface area contributed by atoms with E-state index in [1.54, 1.807) is 0 Å². The molecule has 0 aromatic heterocycles. The third-order valence-electron chi connectivity index (χ3n) is 5.66. The fourth-order valence-corrected chi connectivity index (χ4v) is 4.06. The highest BCUT2D eigenvalue weighted by Gasteiger charge is 2.21. The molecule has 2 aliphatic rings. The lowest BCUT2D eigenvalue weighted by Crippen LogP contribution is -2.42. The second-order valence-corrected chi connectivity index (χ2v) is 8.25. The minimum Gasteiger partial charge on any atom is -0.494 e. The van der Waals surface area contributed by atoms with E-state index in [2.05, 4.69) is 53.5 Å². The van der Waals surface area contributed by atoms with Gasteiger partial charge in [0.1, 0.15) is 17.6 Å². The van der Waals surface area contributed by atoms with Gasteiger partial charge in [-0.05, 0) is 59.5 Å². The van der Waals surface area contributed by atoms with E-state index in [1.165, 1.54) is 25.1 Å². The number of guanidine groups is 1. The van der Waals surface area contributed by atoms with Gasteiger partial charge in [0.05, 0.1) is 13.2 Å². The molecule has 1 aromatic rings. The molecule has 1 fully saturated rings. The third-order valence-corrected chi connectivity index (χ3v) is 5.66. The molecule has 176 valence electrons. The highest BCUT2D eigenvalue weighted by atomic mass is 127. The van der Waals surface area contributed by atoms with E-state index in [0.29, 0.717) is 13.2 Å². The SMILES string of the molecule is CCNC(=NCc1cc2c(cc1OCC)CC(C)O2)NCCN1CCCN(C)CC1.I. The molecule has 3 rings (SSSR count). The summed E-state index contributed by atoms with van der Waals surface area (Å²) in [6.45, 7) is 14.8. The lowest BCUT2D eigenvalue weighted by atomic mass is 10.1. The second-order valence-electron chi connectivity index (χ2n) is 8.25. The van der Waals surface area contributed by atoms with Gasteiger partial charge in [-0.2, -0.15) is 0 Å². The van der Waals surface area contributed by atoms with Crippen molar-refractivity contribution in [2.24, 2.45) is 4.99 Å². The number of rotatable bonds is 8. The van der Waals surface area contributed by atoms with Gasteiger partial charge in [-0.25, -0.2) is 4.99 Å². The Bertz CT molecular complexity index is 715. The number of hydrogen-bond donors (Lipinski definition) is 2. The largest absolute Gasteiger partial charge is 0.494 e. The Morgan fingerprint density at radius 1 is 1.19 bits per heavy atom. The van der Waals surface area contributed by atoms with Crippen molar-refractivity contribution in [2.75, 3.05) is 59.5 Å². The first-order chi connectivity index (χ1) is 14.6. The van der Waals surface area contributed by atoms with E-state index >= 15 is 0 Å². The third kappa shape index (κ3) is 7.98. The van der Waals surface area contributed by atoms with Crippen LogP contribution in [0.2, 0.25) is 0 Å². The van der Waals surface area contributed by atoms with Crippen molar-refractivity contribution in [1.29, 1.82) is 0 Å². The van der Waals surface area contributed by atoms with Gasteiger partial charge in [-0.3, -0.25) is 0 Å². The monoisotopic (exact) mass is 545 g/mol. The average molecular weight is 546 g/mol. The zero-order valence-electron chi connectivity index (χ0n) is 19.6. The van der Waals surface area contributed by atoms with Crippen molar-refractivity contribution in [1.82, 2.24) is 20.4 Å². The Labute approximate surface area is 205 Å². The molecule has 31 heavy (non-hydrogen) atoms. The van der Waals surface area contributed by atoms with Crippen LogP contribution >= 0.6 is 24.0 Å². The molecule has 1 aromatic carbocycles. The Kier molecular flexibility index (Phi) is 11.2. The molecule has 1 atom stereocenters.